The Hall–Kier alpha value is -3.27. The van der Waals surface area contributed by atoms with Crippen LogP contribution in [0.4, 0.5) is 5.13 Å². The number of amides is 1. The van der Waals surface area contributed by atoms with Crippen LogP contribution >= 0.6 is 11.3 Å². The highest BCUT2D eigenvalue weighted by Gasteiger charge is 2.12. The summed E-state index contributed by atoms with van der Waals surface area (Å²) in [6.07, 6.45) is 3.08. The van der Waals surface area contributed by atoms with Gasteiger partial charge in [-0.1, -0.05) is 23.5 Å². The topological polar surface area (TPSA) is 90.0 Å². The van der Waals surface area contributed by atoms with E-state index in [4.69, 9.17) is 14.2 Å². The average molecular weight is 468 g/mol. The number of carbonyl (C=O) groups is 2. The highest BCUT2D eigenvalue weighted by molar-refractivity contribution is 7.22. The predicted octanol–water partition coefficient (Wildman–Crippen LogP) is 3.71. The molecule has 3 aromatic rings. The Kier molecular flexibility index (Phi) is 7.33. The Labute approximate surface area is 195 Å². The quantitative estimate of drug-likeness (QED) is 0.322. The van der Waals surface area contributed by atoms with Crippen LogP contribution in [0.25, 0.3) is 16.3 Å². The summed E-state index contributed by atoms with van der Waals surface area (Å²) in [5.41, 5.74) is 2.81. The van der Waals surface area contributed by atoms with E-state index in [1.165, 1.54) is 37.0 Å². The highest BCUT2D eigenvalue weighted by atomic mass is 32.1. The summed E-state index contributed by atoms with van der Waals surface area (Å²) >= 11 is 1.45. The number of hydrogen-bond acceptors (Lipinski definition) is 8. The molecule has 9 heteroatoms. The third kappa shape index (κ3) is 6.16. The highest BCUT2D eigenvalue weighted by Crippen LogP contribution is 2.29. The van der Waals surface area contributed by atoms with Crippen LogP contribution in [-0.2, 0) is 20.9 Å². The normalized spacial score (nSPS) is 14.5. The number of thiazole rings is 1. The zero-order valence-corrected chi connectivity index (χ0v) is 19.3. The van der Waals surface area contributed by atoms with Gasteiger partial charge in [0.2, 0.25) is 5.91 Å². The number of nitrogens with one attached hydrogen (secondary N) is 1. The van der Waals surface area contributed by atoms with Gasteiger partial charge in [0.1, 0.15) is 0 Å². The zero-order valence-electron chi connectivity index (χ0n) is 18.5. The first kappa shape index (κ1) is 22.9. The number of esters is 1. The van der Waals surface area contributed by atoms with Crippen LogP contribution in [0, 0.1) is 0 Å². The van der Waals surface area contributed by atoms with E-state index in [1.807, 2.05) is 6.07 Å². The van der Waals surface area contributed by atoms with Crippen molar-refractivity contribution in [2.24, 2.45) is 0 Å². The molecule has 4 rings (SSSR count). The van der Waals surface area contributed by atoms with Crippen LogP contribution in [-0.4, -0.2) is 55.2 Å². The molecule has 0 atom stereocenters. The number of morpholine rings is 1. The van der Waals surface area contributed by atoms with E-state index in [1.54, 1.807) is 24.3 Å². The van der Waals surface area contributed by atoms with Gasteiger partial charge in [0.25, 0.3) is 0 Å². The molecule has 0 bridgehead atoms. The van der Waals surface area contributed by atoms with E-state index in [9.17, 15) is 9.59 Å². The van der Waals surface area contributed by atoms with Crippen LogP contribution in [0.15, 0.2) is 42.5 Å². The van der Waals surface area contributed by atoms with Crippen LogP contribution in [0.5, 0.6) is 11.5 Å². The summed E-state index contributed by atoms with van der Waals surface area (Å²) in [6, 6.07) is 11.2. The lowest BCUT2D eigenvalue weighted by molar-refractivity contribution is -0.132. The Morgan fingerprint density at radius 2 is 2.00 bits per heavy atom. The smallest absolute Gasteiger partial charge is 0.308 e. The number of carbonyl (C=O) groups excluding carboxylic acids is 2. The van der Waals surface area contributed by atoms with Crippen molar-refractivity contribution in [3.63, 3.8) is 0 Å². The minimum Gasteiger partial charge on any atom is -0.493 e. The Balaban J connectivity index is 1.40. The van der Waals surface area contributed by atoms with Crippen molar-refractivity contribution >= 4 is 44.6 Å². The predicted molar refractivity (Wildman–Crippen MR) is 128 cm³/mol. The number of benzene rings is 2. The second-order valence-corrected chi connectivity index (χ2v) is 8.57. The minimum atomic E-state index is -0.431. The van der Waals surface area contributed by atoms with Gasteiger partial charge in [-0.15, -0.1) is 0 Å². The third-order valence-corrected chi connectivity index (χ3v) is 5.99. The molecule has 1 aliphatic rings. The number of methoxy groups -OCH3 is 1. The lowest BCUT2D eigenvalue weighted by Gasteiger charge is -2.26. The van der Waals surface area contributed by atoms with Gasteiger partial charge in [-0.05, 0) is 41.5 Å². The molecule has 0 radical (unpaired) electrons. The number of aromatic nitrogens is 1. The maximum Gasteiger partial charge on any atom is 0.308 e. The molecule has 0 aliphatic carbocycles. The molecule has 0 unspecified atom stereocenters. The lowest BCUT2D eigenvalue weighted by atomic mass is 10.2. The van der Waals surface area contributed by atoms with Crippen molar-refractivity contribution in [1.82, 2.24) is 9.88 Å². The van der Waals surface area contributed by atoms with Crippen LogP contribution in [0.2, 0.25) is 0 Å². The van der Waals surface area contributed by atoms with Gasteiger partial charge in [0.15, 0.2) is 16.6 Å². The fourth-order valence-electron chi connectivity index (χ4n) is 3.48. The fraction of sp³-hybridized carbons (Fsp3) is 0.292. The van der Waals surface area contributed by atoms with E-state index in [0.717, 1.165) is 48.6 Å². The van der Waals surface area contributed by atoms with Crippen LogP contribution in [0.1, 0.15) is 18.1 Å². The molecule has 0 spiro atoms. The molecule has 2 heterocycles. The first-order chi connectivity index (χ1) is 16.0. The van der Waals surface area contributed by atoms with Crippen LogP contribution in [0.3, 0.4) is 0 Å². The second kappa shape index (κ2) is 10.6. The molecular weight excluding hydrogens is 442 g/mol. The Bertz CT molecular complexity index is 1180. The second-order valence-electron chi connectivity index (χ2n) is 7.54. The van der Waals surface area contributed by atoms with Gasteiger partial charge in [-0.2, -0.15) is 0 Å². The molecule has 33 heavy (non-hydrogen) atoms. The SMILES string of the molecule is COc1cc(/C=C/C(=O)Nc2nc3ccc(CN4CCOCC4)cc3s2)ccc1OC(C)=O. The molecular formula is C24H25N3O5S. The Morgan fingerprint density at radius 1 is 1.18 bits per heavy atom. The molecule has 2 aromatic carbocycles. The molecule has 1 fully saturated rings. The molecule has 1 N–H and O–H groups in total. The standard InChI is InChI=1S/C24H25N3O5S/c1-16(28)32-20-7-4-17(13-21(20)30-2)5-8-23(29)26-24-25-19-6-3-18(14-22(19)33-24)15-27-9-11-31-12-10-27/h3-8,13-14H,9-12,15H2,1-2H3,(H,25,26,29)/b8-5+. The molecule has 1 amide bonds. The number of nitrogens with zero attached hydrogens (tertiary/aromatic N) is 2. The van der Waals surface area contributed by atoms with Gasteiger partial charge < -0.3 is 14.2 Å². The Morgan fingerprint density at radius 3 is 2.76 bits per heavy atom. The molecule has 0 saturated carbocycles. The summed E-state index contributed by atoms with van der Waals surface area (Å²) in [5, 5.41) is 3.37. The van der Waals surface area contributed by atoms with Crippen molar-refractivity contribution in [2.75, 3.05) is 38.7 Å². The minimum absolute atomic E-state index is 0.286. The number of fused-ring (bicyclic) bond motifs is 1. The maximum absolute atomic E-state index is 12.4. The summed E-state index contributed by atoms with van der Waals surface area (Å²) in [5.74, 6) is 0.0199. The van der Waals surface area contributed by atoms with Gasteiger partial charge in [-0.3, -0.25) is 19.8 Å². The molecule has 1 aliphatic heterocycles. The van der Waals surface area contributed by atoms with E-state index in [0.29, 0.717) is 16.6 Å². The van der Waals surface area contributed by atoms with Crippen molar-refractivity contribution in [3.05, 3.63) is 53.6 Å². The number of ether oxygens (including phenoxy) is 3. The van der Waals surface area contributed by atoms with E-state index in [2.05, 4.69) is 27.3 Å². The maximum atomic E-state index is 12.4. The zero-order chi connectivity index (χ0) is 23.2. The van der Waals surface area contributed by atoms with Crippen molar-refractivity contribution in [2.45, 2.75) is 13.5 Å². The number of anilines is 1. The van der Waals surface area contributed by atoms with E-state index >= 15 is 0 Å². The number of hydrogen-bond donors (Lipinski definition) is 1. The van der Waals surface area contributed by atoms with Gasteiger partial charge in [0, 0.05) is 32.6 Å². The largest absolute Gasteiger partial charge is 0.493 e. The summed E-state index contributed by atoms with van der Waals surface area (Å²) < 4.78 is 16.8. The first-order valence-electron chi connectivity index (χ1n) is 10.6. The van der Waals surface area contributed by atoms with Crippen molar-refractivity contribution in [1.29, 1.82) is 0 Å². The van der Waals surface area contributed by atoms with Gasteiger partial charge in [0.05, 0.1) is 30.5 Å². The average Bonchev–Trinajstić information content (AvgIpc) is 3.20. The van der Waals surface area contributed by atoms with Gasteiger partial charge in [-0.25, -0.2) is 4.98 Å². The molecule has 1 saturated heterocycles. The van der Waals surface area contributed by atoms with E-state index < -0.39 is 5.97 Å². The fourth-order valence-corrected chi connectivity index (χ4v) is 4.42. The lowest BCUT2D eigenvalue weighted by Crippen LogP contribution is -2.35. The first-order valence-corrected chi connectivity index (χ1v) is 11.4. The summed E-state index contributed by atoms with van der Waals surface area (Å²) in [7, 11) is 1.49. The van der Waals surface area contributed by atoms with Crippen molar-refractivity contribution < 1.29 is 23.8 Å². The summed E-state index contributed by atoms with van der Waals surface area (Å²) in [4.78, 5) is 30.5. The molecule has 172 valence electrons. The molecule has 1 aromatic heterocycles. The van der Waals surface area contributed by atoms with E-state index in [-0.39, 0.29) is 5.91 Å². The monoisotopic (exact) mass is 467 g/mol. The third-order valence-electron chi connectivity index (χ3n) is 5.06. The summed E-state index contributed by atoms with van der Waals surface area (Å²) in [6.45, 7) is 5.62. The molecule has 8 nitrogen and oxygen atoms in total. The number of rotatable bonds is 7. The van der Waals surface area contributed by atoms with Crippen LogP contribution < -0.4 is 14.8 Å². The van der Waals surface area contributed by atoms with Gasteiger partial charge >= 0.3 is 5.97 Å². The van der Waals surface area contributed by atoms with Crippen molar-refractivity contribution in [3.8, 4) is 11.5 Å².